The molecular formula is C20H21N3OS2. The van der Waals surface area contributed by atoms with E-state index >= 15 is 0 Å². The van der Waals surface area contributed by atoms with Crippen molar-refractivity contribution < 1.29 is 4.79 Å². The van der Waals surface area contributed by atoms with Crippen molar-refractivity contribution in [3.8, 4) is 0 Å². The second-order valence-electron chi connectivity index (χ2n) is 6.13. The molecule has 0 bridgehead atoms. The van der Waals surface area contributed by atoms with E-state index in [-0.39, 0.29) is 5.91 Å². The van der Waals surface area contributed by atoms with Gasteiger partial charge in [0.15, 0.2) is 0 Å². The number of rotatable bonds is 7. The molecule has 0 aliphatic carbocycles. The fourth-order valence-corrected chi connectivity index (χ4v) is 4.37. The first-order valence-electron chi connectivity index (χ1n) is 8.39. The van der Waals surface area contributed by atoms with E-state index < -0.39 is 0 Å². The van der Waals surface area contributed by atoms with E-state index in [9.17, 15) is 4.79 Å². The SMILES string of the molecule is Cc1ccc(C)c(CSc2nc(CC(=O)NCc3ccncc3)cs2)c1. The second kappa shape index (κ2) is 8.96. The van der Waals surface area contributed by atoms with E-state index in [0.29, 0.717) is 13.0 Å². The standard InChI is InChI=1S/C20H21N3OS2/c1-14-3-4-15(2)17(9-14)12-25-20-23-18(13-26-20)10-19(24)22-11-16-5-7-21-8-6-16/h3-9,13H,10-12H2,1-2H3,(H,22,24). The van der Waals surface area contributed by atoms with E-state index in [1.54, 1.807) is 35.5 Å². The molecule has 1 amide bonds. The molecule has 4 nitrogen and oxygen atoms in total. The van der Waals surface area contributed by atoms with E-state index in [2.05, 4.69) is 47.3 Å². The maximum absolute atomic E-state index is 12.1. The van der Waals surface area contributed by atoms with Crippen molar-refractivity contribution in [2.45, 2.75) is 36.9 Å². The van der Waals surface area contributed by atoms with E-state index in [0.717, 1.165) is 21.3 Å². The van der Waals surface area contributed by atoms with Gasteiger partial charge in [-0.1, -0.05) is 35.5 Å². The Morgan fingerprint density at radius 3 is 2.81 bits per heavy atom. The summed E-state index contributed by atoms with van der Waals surface area (Å²) in [4.78, 5) is 20.6. The number of nitrogens with zero attached hydrogens (tertiary/aromatic N) is 2. The number of thioether (sulfide) groups is 1. The molecule has 0 atom stereocenters. The molecule has 0 spiro atoms. The van der Waals surface area contributed by atoms with Crippen LogP contribution in [0.3, 0.4) is 0 Å². The van der Waals surface area contributed by atoms with Crippen molar-refractivity contribution in [1.29, 1.82) is 0 Å². The highest BCUT2D eigenvalue weighted by molar-refractivity contribution is 8.00. The number of amides is 1. The van der Waals surface area contributed by atoms with Gasteiger partial charge in [0.1, 0.15) is 4.34 Å². The molecule has 0 radical (unpaired) electrons. The van der Waals surface area contributed by atoms with Gasteiger partial charge in [-0.2, -0.15) is 0 Å². The first-order chi connectivity index (χ1) is 12.6. The van der Waals surface area contributed by atoms with Crippen LogP contribution in [0.5, 0.6) is 0 Å². The zero-order valence-corrected chi connectivity index (χ0v) is 16.5. The predicted molar refractivity (Wildman–Crippen MR) is 107 cm³/mol. The summed E-state index contributed by atoms with van der Waals surface area (Å²) in [5.74, 6) is 0.882. The van der Waals surface area contributed by atoms with Crippen LogP contribution in [0.4, 0.5) is 0 Å². The molecule has 3 aromatic rings. The normalized spacial score (nSPS) is 10.7. The van der Waals surface area contributed by atoms with Gasteiger partial charge in [0, 0.05) is 30.1 Å². The molecule has 0 fully saturated rings. The second-order valence-corrected chi connectivity index (χ2v) is 8.21. The van der Waals surface area contributed by atoms with Crippen molar-refractivity contribution in [3.63, 3.8) is 0 Å². The number of hydrogen-bond acceptors (Lipinski definition) is 5. The predicted octanol–water partition coefficient (Wildman–Crippen LogP) is 4.31. The summed E-state index contributed by atoms with van der Waals surface area (Å²) in [6.07, 6.45) is 3.76. The maximum Gasteiger partial charge on any atom is 0.226 e. The van der Waals surface area contributed by atoms with Gasteiger partial charge in [-0.3, -0.25) is 9.78 Å². The highest BCUT2D eigenvalue weighted by atomic mass is 32.2. The third kappa shape index (κ3) is 5.41. The van der Waals surface area contributed by atoms with Crippen LogP contribution in [0.2, 0.25) is 0 Å². The molecule has 2 heterocycles. The lowest BCUT2D eigenvalue weighted by Gasteiger charge is -2.05. The molecule has 0 aliphatic heterocycles. The van der Waals surface area contributed by atoms with Gasteiger partial charge in [0.2, 0.25) is 5.91 Å². The molecule has 0 unspecified atom stereocenters. The summed E-state index contributed by atoms with van der Waals surface area (Å²) < 4.78 is 1.00. The topological polar surface area (TPSA) is 54.9 Å². The quantitative estimate of drug-likeness (QED) is 0.618. The van der Waals surface area contributed by atoms with Crippen LogP contribution in [0, 0.1) is 13.8 Å². The number of thiazole rings is 1. The van der Waals surface area contributed by atoms with E-state index in [4.69, 9.17) is 0 Å². The van der Waals surface area contributed by atoms with Crippen molar-refractivity contribution in [2.75, 3.05) is 0 Å². The average Bonchev–Trinajstić information content (AvgIpc) is 3.09. The molecule has 2 aromatic heterocycles. The van der Waals surface area contributed by atoms with Gasteiger partial charge in [0.05, 0.1) is 12.1 Å². The minimum atomic E-state index is -0.0156. The first kappa shape index (κ1) is 18.6. The van der Waals surface area contributed by atoms with Crippen LogP contribution in [0.1, 0.15) is 27.9 Å². The summed E-state index contributed by atoms with van der Waals surface area (Å²) in [5.41, 5.74) is 5.77. The van der Waals surface area contributed by atoms with Crippen molar-refractivity contribution in [1.82, 2.24) is 15.3 Å². The van der Waals surface area contributed by atoms with Crippen molar-refractivity contribution in [3.05, 3.63) is 76.1 Å². The Bertz CT molecular complexity index is 878. The summed E-state index contributed by atoms with van der Waals surface area (Å²) in [6, 6.07) is 10.3. The average molecular weight is 384 g/mol. The molecule has 3 rings (SSSR count). The highest BCUT2D eigenvalue weighted by Gasteiger charge is 2.09. The number of benzene rings is 1. The monoisotopic (exact) mass is 383 g/mol. The van der Waals surface area contributed by atoms with E-state index in [1.807, 2.05) is 17.5 Å². The molecule has 0 aliphatic rings. The fourth-order valence-electron chi connectivity index (χ4n) is 2.46. The van der Waals surface area contributed by atoms with E-state index in [1.165, 1.54) is 16.7 Å². The molecule has 0 saturated carbocycles. The minimum Gasteiger partial charge on any atom is -0.352 e. The first-order valence-corrected chi connectivity index (χ1v) is 10.3. The van der Waals surface area contributed by atoms with Crippen LogP contribution in [-0.2, 0) is 23.5 Å². The Labute approximate surface area is 162 Å². The molecular weight excluding hydrogens is 362 g/mol. The van der Waals surface area contributed by atoms with Gasteiger partial charge in [-0.25, -0.2) is 4.98 Å². The van der Waals surface area contributed by atoms with Crippen molar-refractivity contribution >= 4 is 29.0 Å². The van der Waals surface area contributed by atoms with Crippen LogP contribution in [0.25, 0.3) is 0 Å². The molecule has 6 heteroatoms. The lowest BCUT2D eigenvalue weighted by atomic mass is 10.1. The van der Waals surface area contributed by atoms with Gasteiger partial charge in [-0.15, -0.1) is 11.3 Å². The smallest absolute Gasteiger partial charge is 0.226 e. The summed E-state index contributed by atoms with van der Waals surface area (Å²) in [5, 5.41) is 4.89. The number of pyridine rings is 1. The number of carbonyl (C=O) groups excluding carboxylic acids is 1. The highest BCUT2D eigenvalue weighted by Crippen LogP contribution is 2.27. The van der Waals surface area contributed by atoms with Gasteiger partial charge in [-0.05, 0) is 42.7 Å². The maximum atomic E-state index is 12.1. The van der Waals surface area contributed by atoms with Gasteiger partial charge >= 0.3 is 0 Å². The minimum absolute atomic E-state index is 0.0156. The molecule has 26 heavy (non-hydrogen) atoms. The van der Waals surface area contributed by atoms with Gasteiger partial charge < -0.3 is 5.32 Å². The van der Waals surface area contributed by atoms with Crippen molar-refractivity contribution in [2.24, 2.45) is 0 Å². The third-order valence-electron chi connectivity index (χ3n) is 3.97. The van der Waals surface area contributed by atoms with Gasteiger partial charge in [0.25, 0.3) is 0 Å². The number of aromatic nitrogens is 2. The molecule has 1 aromatic carbocycles. The number of nitrogens with one attached hydrogen (secondary N) is 1. The van der Waals surface area contributed by atoms with Crippen LogP contribution >= 0.6 is 23.1 Å². The summed E-state index contributed by atoms with van der Waals surface area (Å²) in [7, 11) is 0. The Kier molecular flexibility index (Phi) is 6.41. The largest absolute Gasteiger partial charge is 0.352 e. The molecule has 0 saturated heterocycles. The van der Waals surface area contributed by atoms with Crippen LogP contribution in [-0.4, -0.2) is 15.9 Å². The Morgan fingerprint density at radius 2 is 2.00 bits per heavy atom. The Hall–Kier alpha value is -2.18. The zero-order chi connectivity index (χ0) is 18.4. The Balaban J connectivity index is 1.49. The third-order valence-corrected chi connectivity index (χ3v) is 6.09. The number of carbonyl (C=O) groups is 1. The lowest BCUT2D eigenvalue weighted by molar-refractivity contribution is -0.120. The number of aryl methyl sites for hydroxylation is 2. The summed E-state index contributed by atoms with van der Waals surface area (Å²) >= 11 is 3.32. The Morgan fingerprint density at radius 1 is 1.19 bits per heavy atom. The van der Waals surface area contributed by atoms with Crippen LogP contribution < -0.4 is 5.32 Å². The summed E-state index contributed by atoms with van der Waals surface area (Å²) in [6.45, 7) is 4.76. The molecule has 1 N–H and O–H groups in total. The lowest BCUT2D eigenvalue weighted by Crippen LogP contribution is -2.24. The molecule has 134 valence electrons. The van der Waals surface area contributed by atoms with Crippen LogP contribution in [0.15, 0.2) is 52.4 Å². The number of hydrogen-bond donors (Lipinski definition) is 1. The zero-order valence-electron chi connectivity index (χ0n) is 14.9. The fraction of sp³-hybridized carbons (Fsp3) is 0.250.